The van der Waals surface area contributed by atoms with Crippen LogP contribution in [0.15, 0.2) is 40.9 Å². The maximum Gasteiger partial charge on any atom is 0.258 e. The number of aryl methyl sites for hydroxylation is 1. The van der Waals surface area contributed by atoms with E-state index in [2.05, 4.69) is 81.3 Å². The summed E-state index contributed by atoms with van der Waals surface area (Å²) in [6, 6.07) is 15.7. The third kappa shape index (κ3) is 16.4. The van der Waals surface area contributed by atoms with Crippen LogP contribution >= 0.6 is 15.9 Å². The molecule has 290 valence electrons. The second-order valence-corrected chi connectivity index (χ2v) is 34.3. The van der Waals surface area contributed by atoms with Crippen molar-refractivity contribution < 1.29 is 36.6 Å². The van der Waals surface area contributed by atoms with E-state index in [1.54, 1.807) is 12.1 Å². The van der Waals surface area contributed by atoms with E-state index in [1.807, 2.05) is 31.2 Å². The molecule has 2 rings (SSSR count). The zero-order valence-corrected chi connectivity index (χ0v) is 38.2. The minimum Gasteiger partial charge on any atom is -0.484 e. The van der Waals surface area contributed by atoms with E-state index in [-0.39, 0.29) is 32.6 Å². The number of rotatable bonds is 24. The summed E-state index contributed by atoms with van der Waals surface area (Å²) in [6.07, 6.45) is 0.630. The molecule has 1 atom stereocenters. The number of carbonyl (C=O) groups excluding carboxylic acids is 1. The number of hydrogen-bond donors (Lipinski definition) is 1. The average molecular weight is 848 g/mol. The van der Waals surface area contributed by atoms with Gasteiger partial charge in [0.05, 0.1) is 18.0 Å². The van der Waals surface area contributed by atoms with Crippen molar-refractivity contribution in [1.82, 2.24) is 5.32 Å². The predicted molar refractivity (Wildman–Crippen MR) is 221 cm³/mol. The van der Waals surface area contributed by atoms with Gasteiger partial charge in [0, 0.05) is 40.4 Å². The molecule has 0 aromatic heterocycles. The normalized spacial score (nSPS) is 13.2. The summed E-state index contributed by atoms with van der Waals surface area (Å²) < 4.78 is 59.5. The van der Waals surface area contributed by atoms with Crippen LogP contribution in [0.3, 0.4) is 0 Å². The van der Waals surface area contributed by atoms with Crippen molar-refractivity contribution in [3.63, 3.8) is 0 Å². The van der Waals surface area contributed by atoms with Gasteiger partial charge in [-0.3, -0.25) is 4.79 Å². The Kier molecular flexibility index (Phi) is 18.4. The number of benzene rings is 2. The summed E-state index contributed by atoms with van der Waals surface area (Å²) in [5.74, 6) is 0.706. The summed E-state index contributed by atoms with van der Waals surface area (Å²) in [6.45, 7) is 22.8. The summed E-state index contributed by atoms with van der Waals surface area (Å²) in [7, 11) is -8.67. The smallest absolute Gasteiger partial charge is 0.258 e. The number of ether oxygens (including phenoxy) is 4. The number of sulfonamides is 1. The van der Waals surface area contributed by atoms with Gasteiger partial charge in [-0.2, -0.15) is 0 Å². The van der Waals surface area contributed by atoms with Crippen LogP contribution in [0.25, 0.3) is 0 Å². The van der Waals surface area contributed by atoms with Crippen LogP contribution in [0.2, 0.25) is 69.5 Å². The lowest BCUT2D eigenvalue weighted by Gasteiger charge is -2.34. The molecule has 2 aromatic rings. The highest BCUT2D eigenvalue weighted by Crippen LogP contribution is 2.36. The molecule has 0 radical (unpaired) electrons. The molecule has 2 aromatic carbocycles. The van der Waals surface area contributed by atoms with Gasteiger partial charge in [0.1, 0.15) is 18.2 Å². The highest BCUT2D eigenvalue weighted by atomic mass is 79.9. The highest BCUT2D eigenvalue weighted by molar-refractivity contribution is 9.10. The molecular formula is C36H63BrN2O8SSi3. The fraction of sp³-hybridized carbons (Fsp3) is 0.639. The van der Waals surface area contributed by atoms with Crippen LogP contribution in [0.5, 0.6) is 11.5 Å². The number of nitrogens with zero attached hydrogens (tertiary/aromatic N) is 1. The number of hydrogen-bond acceptors (Lipinski definition) is 8. The first-order chi connectivity index (χ1) is 23.7. The molecule has 0 heterocycles. The second-order valence-electron chi connectivity index (χ2n) is 15.5. The van der Waals surface area contributed by atoms with E-state index >= 15 is 0 Å². The lowest BCUT2D eigenvalue weighted by atomic mass is 10.1. The van der Waals surface area contributed by atoms with Crippen molar-refractivity contribution in [3.05, 3.63) is 52.0 Å². The maximum absolute atomic E-state index is 13.3. The fourth-order valence-corrected chi connectivity index (χ4v) is 10.7. The van der Waals surface area contributed by atoms with E-state index in [4.69, 9.17) is 23.4 Å². The highest BCUT2D eigenvalue weighted by Gasteiger charge is 2.34. The molecule has 1 amide bonds. The topological polar surface area (TPSA) is 113 Å². The van der Waals surface area contributed by atoms with Gasteiger partial charge in [-0.05, 0) is 78.6 Å². The molecule has 0 fully saturated rings. The Hall–Kier alpha value is -1.73. The van der Waals surface area contributed by atoms with Crippen LogP contribution in [0.1, 0.15) is 38.0 Å². The lowest BCUT2D eigenvalue weighted by Crippen LogP contribution is -2.41. The second kappa shape index (κ2) is 20.7. The molecule has 0 aliphatic heterocycles. The van der Waals surface area contributed by atoms with Gasteiger partial charge >= 0.3 is 0 Å². The summed E-state index contributed by atoms with van der Waals surface area (Å²) >= 11 is 3.46. The standard InChI is InChI=1S/C36H63BrN2O8SSi3/c1-12-51(13-2,14-3)47-35(25-38-36(40)26-45-33-18-16-31(37)23-29(33)4)30-15-17-34(46-28-44-20-22-50(9,10)11)32(24-30)39(48(5,41)42)27-43-19-21-49(6,7)8/h15-18,23-24,35H,12-14,19-22,25-28H2,1-11H3,(H,38,40)/t35-/m0/s1. The third-order valence-electron chi connectivity index (χ3n) is 8.83. The van der Waals surface area contributed by atoms with Gasteiger partial charge in [0.25, 0.3) is 5.91 Å². The van der Waals surface area contributed by atoms with Gasteiger partial charge in [0.2, 0.25) is 10.0 Å². The predicted octanol–water partition coefficient (Wildman–Crippen LogP) is 8.79. The molecule has 15 heteroatoms. The molecule has 1 N–H and O–H groups in total. The Labute approximate surface area is 319 Å². The number of anilines is 1. The monoisotopic (exact) mass is 846 g/mol. The molecule has 0 unspecified atom stereocenters. The van der Waals surface area contributed by atoms with Gasteiger partial charge in [-0.25, -0.2) is 12.7 Å². The van der Waals surface area contributed by atoms with Crippen molar-refractivity contribution in [1.29, 1.82) is 0 Å². The van der Waals surface area contributed by atoms with E-state index in [1.165, 1.54) is 10.6 Å². The van der Waals surface area contributed by atoms with Gasteiger partial charge in [-0.15, -0.1) is 0 Å². The van der Waals surface area contributed by atoms with E-state index < -0.39 is 40.6 Å². The largest absolute Gasteiger partial charge is 0.484 e. The summed E-state index contributed by atoms with van der Waals surface area (Å²) in [5, 5.41) is 3.01. The summed E-state index contributed by atoms with van der Waals surface area (Å²) in [4.78, 5) is 13.1. The first kappa shape index (κ1) is 45.4. The molecule has 0 aliphatic carbocycles. The first-order valence-corrected chi connectivity index (χ1v) is 30.5. The van der Waals surface area contributed by atoms with Gasteiger partial charge in [0.15, 0.2) is 21.7 Å². The number of carbonyl (C=O) groups is 1. The zero-order valence-electron chi connectivity index (χ0n) is 32.8. The average Bonchev–Trinajstić information content (AvgIpc) is 3.03. The molecule has 51 heavy (non-hydrogen) atoms. The Morgan fingerprint density at radius 1 is 0.863 bits per heavy atom. The van der Waals surface area contributed by atoms with E-state index in [0.717, 1.165) is 45.8 Å². The fourth-order valence-electron chi connectivity index (χ4n) is 5.17. The van der Waals surface area contributed by atoms with Crippen molar-refractivity contribution in [2.75, 3.05) is 50.5 Å². The van der Waals surface area contributed by atoms with Crippen molar-refractivity contribution >= 4 is 62.0 Å². The Bertz CT molecular complexity index is 1490. The zero-order chi connectivity index (χ0) is 38.5. The molecule has 0 bridgehead atoms. The number of halogens is 1. The van der Waals surface area contributed by atoms with Crippen molar-refractivity contribution in [2.45, 2.75) is 103 Å². The first-order valence-electron chi connectivity index (χ1n) is 18.0. The Morgan fingerprint density at radius 3 is 2.00 bits per heavy atom. The Balaban J connectivity index is 2.47. The molecule has 0 saturated carbocycles. The minimum absolute atomic E-state index is 0.0176. The Morgan fingerprint density at radius 2 is 1.45 bits per heavy atom. The number of nitrogens with one attached hydrogen (secondary N) is 1. The van der Waals surface area contributed by atoms with Crippen LogP contribution < -0.4 is 19.1 Å². The van der Waals surface area contributed by atoms with Gasteiger partial charge < -0.3 is 28.7 Å². The van der Waals surface area contributed by atoms with Crippen LogP contribution in [0.4, 0.5) is 5.69 Å². The third-order valence-corrected chi connectivity index (χ3v) is 18.5. The van der Waals surface area contributed by atoms with Crippen LogP contribution in [-0.2, 0) is 28.7 Å². The van der Waals surface area contributed by atoms with E-state index in [9.17, 15) is 13.2 Å². The minimum atomic E-state index is -3.79. The number of amides is 1. The van der Waals surface area contributed by atoms with E-state index in [0.29, 0.717) is 30.4 Å². The molecule has 0 saturated heterocycles. The molecule has 10 nitrogen and oxygen atoms in total. The summed E-state index contributed by atoms with van der Waals surface area (Å²) in [5.41, 5.74) is 1.98. The van der Waals surface area contributed by atoms with Crippen LogP contribution in [-0.4, -0.2) is 84.9 Å². The molecule has 0 aliphatic rings. The SMILES string of the molecule is CC[Si](CC)(CC)O[C@@H](CNC(=O)COc1ccc(Br)cc1C)c1ccc(OCOCC[Si](C)(C)C)c(N(COCC[Si](C)(C)C)S(C)(=O)=O)c1. The quantitative estimate of drug-likeness (QED) is 0.0635. The van der Waals surface area contributed by atoms with Gasteiger partial charge in [-0.1, -0.05) is 82.0 Å². The van der Waals surface area contributed by atoms with Crippen LogP contribution in [0, 0.1) is 6.92 Å². The molecular weight excluding hydrogens is 785 g/mol. The lowest BCUT2D eigenvalue weighted by molar-refractivity contribution is -0.123. The van der Waals surface area contributed by atoms with Crippen molar-refractivity contribution in [3.8, 4) is 11.5 Å². The van der Waals surface area contributed by atoms with Crippen molar-refractivity contribution in [2.24, 2.45) is 0 Å². The molecule has 0 spiro atoms. The maximum atomic E-state index is 13.3.